The van der Waals surface area contributed by atoms with Gasteiger partial charge < -0.3 is 16.4 Å². The molecular weight excluding hydrogens is 389 g/mol. The highest BCUT2D eigenvalue weighted by molar-refractivity contribution is 5.93. The van der Waals surface area contributed by atoms with Gasteiger partial charge in [0.15, 0.2) is 5.96 Å². The number of alkyl halides is 3. The third-order valence-corrected chi connectivity index (χ3v) is 5.52. The summed E-state index contributed by atoms with van der Waals surface area (Å²) in [6.45, 7) is 1.81. The van der Waals surface area contributed by atoms with E-state index in [0.29, 0.717) is 17.8 Å². The molecule has 0 aromatic heterocycles. The number of rotatable bonds is 6. The van der Waals surface area contributed by atoms with Crippen LogP contribution in [0.2, 0.25) is 0 Å². The highest BCUT2D eigenvalue weighted by Gasteiger charge is 2.29. The summed E-state index contributed by atoms with van der Waals surface area (Å²) in [5, 5.41) is 6.69. The largest absolute Gasteiger partial charge is 0.416 e. The van der Waals surface area contributed by atoms with Crippen LogP contribution in [-0.2, 0) is 12.7 Å². The lowest BCUT2D eigenvalue weighted by atomic mass is 9.81. The molecule has 2 atom stereocenters. The molecule has 4 nitrogen and oxygen atoms in total. The van der Waals surface area contributed by atoms with Crippen molar-refractivity contribution in [2.75, 3.05) is 18.4 Å². The maximum atomic E-state index is 12.8. The van der Waals surface area contributed by atoms with Crippen LogP contribution in [0.15, 0.2) is 59.6 Å². The third kappa shape index (κ3) is 6.76. The summed E-state index contributed by atoms with van der Waals surface area (Å²) < 4.78 is 38.3. The first-order valence-electron chi connectivity index (χ1n) is 10.4. The molecule has 0 radical (unpaired) electrons. The third-order valence-electron chi connectivity index (χ3n) is 5.52. The smallest absolute Gasteiger partial charge is 0.356 e. The monoisotopic (exact) mass is 418 g/mol. The number of halogens is 3. The maximum Gasteiger partial charge on any atom is 0.416 e. The quantitative estimate of drug-likeness (QED) is 0.456. The average Bonchev–Trinajstić information content (AvgIpc) is 2.76. The minimum absolute atomic E-state index is 0.288. The SMILES string of the molecule is NCC1CCCC(CNC(=NCc2ccc(C(F)(F)F)cc2)Nc2ccccc2)C1. The van der Waals surface area contributed by atoms with Crippen molar-refractivity contribution in [1.82, 2.24) is 5.32 Å². The molecule has 1 saturated carbocycles. The molecule has 2 aromatic rings. The van der Waals surface area contributed by atoms with Crippen molar-refractivity contribution in [2.24, 2.45) is 22.6 Å². The lowest BCUT2D eigenvalue weighted by molar-refractivity contribution is -0.137. The number of anilines is 1. The Morgan fingerprint density at radius 1 is 1.00 bits per heavy atom. The fourth-order valence-electron chi connectivity index (χ4n) is 3.81. The molecule has 1 aliphatic rings. The molecule has 0 spiro atoms. The van der Waals surface area contributed by atoms with Gasteiger partial charge in [-0.25, -0.2) is 4.99 Å². The molecule has 2 unspecified atom stereocenters. The molecule has 1 fully saturated rings. The Balaban J connectivity index is 1.65. The number of aliphatic imine (C=N–C) groups is 1. The van der Waals surface area contributed by atoms with E-state index in [1.165, 1.54) is 31.4 Å². The first-order chi connectivity index (χ1) is 14.4. The first-order valence-corrected chi connectivity index (χ1v) is 10.4. The molecule has 3 rings (SSSR count). The number of hydrogen-bond acceptors (Lipinski definition) is 2. The van der Waals surface area contributed by atoms with Gasteiger partial charge in [-0.3, -0.25) is 0 Å². The van der Waals surface area contributed by atoms with E-state index in [2.05, 4.69) is 15.6 Å². The van der Waals surface area contributed by atoms with E-state index in [-0.39, 0.29) is 6.54 Å². The van der Waals surface area contributed by atoms with E-state index >= 15 is 0 Å². The molecule has 0 aliphatic heterocycles. The van der Waals surface area contributed by atoms with Crippen molar-refractivity contribution in [2.45, 2.75) is 38.4 Å². The van der Waals surface area contributed by atoms with Crippen LogP contribution in [0.3, 0.4) is 0 Å². The zero-order valence-corrected chi connectivity index (χ0v) is 17.0. The van der Waals surface area contributed by atoms with Gasteiger partial charge in [-0.05, 0) is 67.5 Å². The van der Waals surface area contributed by atoms with Gasteiger partial charge in [-0.2, -0.15) is 13.2 Å². The van der Waals surface area contributed by atoms with Crippen molar-refractivity contribution in [3.8, 4) is 0 Å². The van der Waals surface area contributed by atoms with Gasteiger partial charge in [-0.1, -0.05) is 36.8 Å². The summed E-state index contributed by atoms with van der Waals surface area (Å²) in [7, 11) is 0. The Labute approximate surface area is 175 Å². The molecule has 1 aliphatic carbocycles. The molecular formula is C23H29F3N4. The van der Waals surface area contributed by atoms with Gasteiger partial charge in [-0.15, -0.1) is 0 Å². The second-order valence-electron chi connectivity index (χ2n) is 7.87. The van der Waals surface area contributed by atoms with Crippen molar-refractivity contribution in [1.29, 1.82) is 0 Å². The summed E-state index contributed by atoms with van der Waals surface area (Å²) in [4.78, 5) is 4.59. The van der Waals surface area contributed by atoms with E-state index in [1.54, 1.807) is 0 Å². The molecule has 4 N–H and O–H groups in total. The average molecular weight is 419 g/mol. The lowest BCUT2D eigenvalue weighted by Gasteiger charge is -2.29. The molecule has 0 heterocycles. The standard InChI is InChI=1S/C23H29F3N4/c24-23(25,26)20-11-9-17(10-12-20)15-28-22(30-21-7-2-1-3-8-21)29-16-19-6-4-5-18(13-19)14-27/h1-3,7-12,18-19H,4-6,13-16,27H2,(H2,28,29,30). The number of guanidine groups is 1. The Kier molecular flexibility index (Phi) is 7.74. The fourth-order valence-corrected chi connectivity index (χ4v) is 3.81. The van der Waals surface area contributed by atoms with Gasteiger partial charge in [0.25, 0.3) is 0 Å². The number of nitrogens with two attached hydrogens (primary N) is 1. The molecule has 30 heavy (non-hydrogen) atoms. The van der Waals surface area contributed by atoms with Crippen molar-refractivity contribution in [3.63, 3.8) is 0 Å². The van der Waals surface area contributed by atoms with Crippen molar-refractivity contribution < 1.29 is 13.2 Å². The summed E-state index contributed by atoms with van der Waals surface area (Å²) in [6, 6.07) is 14.8. The molecule has 7 heteroatoms. The highest BCUT2D eigenvalue weighted by Crippen LogP contribution is 2.29. The summed E-state index contributed by atoms with van der Waals surface area (Å²) in [5.74, 6) is 1.75. The Bertz CT molecular complexity index is 803. The topological polar surface area (TPSA) is 62.4 Å². The van der Waals surface area contributed by atoms with Crippen molar-refractivity contribution >= 4 is 11.6 Å². The normalized spacial score (nSPS) is 20.1. The van der Waals surface area contributed by atoms with Crippen LogP contribution in [-0.4, -0.2) is 19.0 Å². The number of hydrogen-bond donors (Lipinski definition) is 3. The fraction of sp³-hybridized carbons (Fsp3) is 0.435. The zero-order valence-electron chi connectivity index (χ0n) is 17.0. The molecule has 0 bridgehead atoms. The van der Waals surface area contributed by atoms with Gasteiger partial charge in [0, 0.05) is 12.2 Å². The number of benzene rings is 2. The summed E-state index contributed by atoms with van der Waals surface area (Å²) in [5.41, 5.74) is 6.82. The van der Waals surface area contributed by atoms with Crippen LogP contribution < -0.4 is 16.4 Å². The van der Waals surface area contributed by atoms with E-state index in [1.807, 2.05) is 30.3 Å². The van der Waals surface area contributed by atoms with Gasteiger partial charge in [0.05, 0.1) is 12.1 Å². The van der Waals surface area contributed by atoms with Gasteiger partial charge >= 0.3 is 6.18 Å². The van der Waals surface area contributed by atoms with Gasteiger partial charge in [0.1, 0.15) is 0 Å². The second kappa shape index (κ2) is 10.5. The van der Waals surface area contributed by atoms with Crippen LogP contribution >= 0.6 is 0 Å². The van der Waals surface area contributed by atoms with E-state index < -0.39 is 11.7 Å². The first kappa shape index (κ1) is 22.2. The number of para-hydroxylation sites is 1. The Morgan fingerprint density at radius 2 is 1.70 bits per heavy atom. The summed E-state index contributed by atoms with van der Waals surface area (Å²) >= 11 is 0. The minimum atomic E-state index is -4.33. The molecule has 0 saturated heterocycles. The van der Waals surface area contributed by atoms with Crippen LogP contribution in [0.25, 0.3) is 0 Å². The van der Waals surface area contributed by atoms with Crippen LogP contribution in [0.5, 0.6) is 0 Å². The number of nitrogens with one attached hydrogen (secondary N) is 2. The van der Waals surface area contributed by atoms with E-state index in [9.17, 15) is 13.2 Å². The molecule has 2 aromatic carbocycles. The van der Waals surface area contributed by atoms with Crippen molar-refractivity contribution in [3.05, 3.63) is 65.7 Å². The van der Waals surface area contributed by atoms with Gasteiger partial charge in [0.2, 0.25) is 0 Å². The predicted octanol–water partition coefficient (Wildman–Crippen LogP) is 5.03. The van der Waals surface area contributed by atoms with E-state index in [0.717, 1.165) is 42.9 Å². The number of nitrogens with zero attached hydrogens (tertiary/aromatic N) is 1. The predicted molar refractivity (Wildman–Crippen MR) is 115 cm³/mol. The Morgan fingerprint density at radius 3 is 2.37 bits per heavy atom. The molecule has 0 amide bonds. The maximum absolute atomic E-state index is 12.8. The lowest BCUT2D eigenvalue weighted by Crippen LogP contribution is -2.37. The van der Waals surface area contributed by atoms with Crippen LogP contribution in [0, 0.1) is 11.8 Å². The summed E-state index contributed by atoms with van der Waals surface area (Å²) in [6.07, 6.45) is 0.343. The molecule has 162 valence electrons. The van der Waals surface area contributed by atoms with Crippen LogP contribution in [0.1, 0.15) is 36.8 Å². The minimum Gasteiger partial charge on any atom is -0.356 e. The Hall–Kier alpha value is -2.54. The highest BCUT2D eigenvalue weighted by atomic mass is 19.4. The zero-order chi connectivity index (χ0) is 21.4. The van der Waals surface area contributed by atoms with Crippen LogP contribution in [0.4, 0.5) is 18.9 Å². The van der Waals surface area contributed by atoms with E-state index in [4.69, 9.17) is 5.73 Å². The second-order valence-corrected chi connectivity index (χ2v) is 7.87.